The number of carbonyl (C=O) groups is 2. The molecule has 1 fully saturated rings. The number of amides is 2. The summed E-state index contributed by atoms with van der Waals surface area (Å²) in [7, 11) is 1.61. The Bertz CT molecular complexity index is 1340. The Morgan fingerprint density at radius 2 is 1.69 bits per heavy atom. The van der Waals surface area contributed by atoms with Gasteiger partial charge in [0.05, 0.1) is 18.0 Å². The lowest BCUT2D eigenvalue weighted by Crippen LogP contribution is -2.31. The van der Waals surface area contributed by atoms with E-state index in [-0.39, 0.29) is 11.5 Å². The number of benzene rings is 3. The zero-order chi connectivity index (χ0) is 24.9. The number of nitriles is 1. The molecule has 1 saturated heterocycles. The summed E-state index contributed by atoms with van der Waals surface area (Å²) in [4.78, 5) is 28.4. The van der Waals surface area contributed by atoms with E-state index < -0.39 is 11.2 Å². The smallest absolute Gasteiger partial charge is 0.269 e. The van der Waals surface area contributed by atoms with E-state index in [4.69, 9.17) is 4.74 Å². The number of hydrogen-bond acceptors (Lipinski definition) is 5. The highest BCUT2D eigenvalue weighted by Gasteiger charge is 2.41. The molecule has 4 rings (SSSR count). The van der Waals surface area contributed by atoms with Crippen LogP contribution in [0.4, 0.5) is 11.4 Å². The predicted molar refractivity (Wildman–Crippen MR) is 139 cm³/mol. The Labute approximate surface area is 209 Å². The molecule has 2 amide bonds. The second kappa shape index (κ2) is 10.5. The Kier molecular flexibility index (Phi) is 7.23. The van der Waals surface area contributed by atoms with E-state index in [9.17, 15) is 14.9 Å². The normalized spacial score (nSPS) is 16.6. The summed E-state index contributed by atoms with van der Waals surface area (Å²) in [5, 5.41) is 12.7. The van der Waals surface area contributed by atoms with Crippen LogP contribution < -0.4 is 15.0 Å². The highest BCUT2D eigenvalue weighted by atomic mass is 32.2. The topological polar surface area (TPSA) is 82.4 Å². The van der Waals surface area contributed by atoms with Crippen molar-refractivity contribution in [3.63, 3.8) is 0 Å². The van der Waals surface area contributed by atoms with Crippen molar-refractivity contribution in [2.24, 2.45) is 0 Å². The molecule has 6 nitrogen and oxygen atoms in total. The van der Waals surface area contributed by atoms with Crippen molar-refractivity contribution in [2.75, 3.05) is 17.3 Å². The summed E-state index contributed by atoms with van der Waals surface area (Å²) < 4.78 is 5.23. The van der Waals surface area contributed by atoms with Crippen molar-refractivity contribution in [2.45, 2.75) is 25.5 Å². The molecule has 1 aliphatic heterocycles. The van der Waals surface area contributed by atoms with Gasteiger partial charge in [-0.05, 0) is 61.2 Å². The van der Waals surface area contributed by atoms with Gasteiger partial charge in [0.15, 0.2) is 0 Å². The second-order valence-corrected chi connectivity index (χ2v) is 9.37. The lowest BCUT2D eigenvalue weighted by molar-refractivity contribution is -0.117. The maximum Gasteiger partial charge on any atom is 0.269 e. The zero-order valence-electron chi connectivity index (χ0n) is 19.7. The largest absolute Gasteiger partial charge is 0.497 e. The molecule has 7 heteroatoms. The number of anilines is 2. The SMILES string of the molecule is COc1ccc(CC2S/C(=C(/C#N)C(=O)Nc3ccccc3C)N(c3ccccc3C)C2=O)cc1. The number of aryl methyl sites for hydroxylation is 2. The van der Waals surface area contributed by atoms with Crippen molar-refractivity contribution < 1.29 is 14.3 Å². The van der Waals surface area contributed by atoms with E-state index in [2.05, 4.69) is 11.4 Å². The van der Waals surface area contributed by atoms with Gasteiger partial charge in [-0.15, -0.1) is 0 Å². The third-order valence-electron chi connectivity index (χ3n) is 5.84. The van der Waals surface area contributed by atoms with Crippen LogP contribution in [0.5, 0.6) is 5.75 Å². The summed E-state index contributed by atoms with van der Waals surface area (Å²) in [6.45, 7) is 3.79. The van der Waals surface area contributed by atoms with Crippen LogP contribution >= 0.6 is 11.8 Å². The minimum Gasteiger partial charge on any atom is -0.497 e. The summed E-state index contributed by atoms with van der Waals surface area (Å²) >= 11 is 1.25. The highest BCUT2D eigenvalue weighted by Crippen LogP contribution is 2.43. The number of nitrogens with one attached hydrogen (secondary N) is 1. The molecule has 0 aromatic heterocycles. The van der Waals surface area contributed by atoms with Crippen LogP contribution in [0, 0.1) is 25.2 Å². The van der Waals surface area contributed by atoms with Crippen LogP contribution in [0.3, 0.4) is 0 Å². The maximum atomic E-state index is 13.7. The molecule has 0 saturated carbocycles. The molecule has 0 spiro atoms. The molecule has 1 unspecified atom stereocenters. The molecule has 3 aromatic carbocycles. The third-order valence-corrected chi connectivity index (χ3v) is 7.10. The van der Waals surface area contributed by atoms with Gasteiger partial charge >= 0.3 is 0 Å². The predicted octanol–water partition coefficient (Wildman–Crippen LogP) is 5.38. The van der Waals surface area contributed by atoms with Gasteiger partial charge in [-0.25, -0.2) is 0 Å². The fourth-order valence-electron chi connectivity index (χ4n) is 3.89. The molecule has 3 aromatic rings. The Hall–Kier alpha value is -4.02. The van der Waals surface area contributed by atoms with E-state index in [0.29, 0.717) is 22.8 Å². The van der Waals surface area contributed by atoms with Crippen molar-refractivity contribution in [3.05, 3.63) is 100 Å². The number of para-hydroxylation sites is 2. The maximum absolute atomic E-state index is 13.7. The van der Waals surface area contributed by atoms with Gasteiger partial charge in [0.25, 0.3) is 5.91 Å². The van der Waals surface area contributed by atoms with E-state index in [0.717, 1.165) is 22.4 Å². The van der Waals surface area contributed by atoms with Gasteiger partial charge in [-0.2, -0.15) is 5.26 Å². The molecular weight excluding hydrogens is 458 g/mol. The van der Waals surface area contributed by atoms with Gasteiger partial charge < -0.3 is 10.1 Å². The number of thioether (sulfide) groups is 1. The van der Waals surface area contributed by atoms with Gasteiger partial charge in [0.2, 0.25) is 5.91 Å². The number of ether oxygens (including phenoxy) is 1. The fraction of sp³-hybridized carbons (Fsp3) is 0.179. The molecule has 176 valence electrons. The number of methoxy groups -OCH3 is 1. The van der Waals surface area contributed by atoms with Gasteiger partial charge in [-0.3, -0.25) is 14.5 Å². The first kappa shape index (κ1) is 24.1. The molecule has 1 aliphatic rings. The quantitative estimate of drug-likeness (QED) is 0.376. The van der Waals surface area contributed by atoms with E-state index in [1.54, 1.807) is 13.2 Å². The number of carbonyl (C=O) groups excluding carboxylic acids is 2. The second-order valence-electron chi connectivity index (χ2n) is 8.18. The lowest BCUT2D eigenvalue weighted by Gasteiger charge is -2.20. The number of nitrogens with zero attached hydrogens (tertiary/aromatic N) is 2. The highest BCUT2D eigenvalue weighted by molar-refractivity contribution is 8.05. The molecule has 0 aliphatic carbocycles. The van der Waals surface area contributed by atoms with E-state index in [1.807, 2.05) is 80.6 Å². The average molecular weight is 484 g/mol. The Morgan fingerprint density at radius 1 is 1.03 bits per heavy atom. The molecule has 35 heavy (non-hydrogen) atoms. The van der Waals surface area contributed by atoms with Crippen molar-refractivity contribution in [1.82, 2.24) is 0 Å². The summed E-state index contributed by atoms with van der Waals surface area (Å²) in [6.07, 6.45) is 0.456. The molecule has 0 radical (unpaired) electrons. The van der Waals surface area contributed by atoms with Crippen molar-refractivity contribution >= 4 is 35.0 Å². The minimum absolute atomic E-state index is 0.0907. The molecular formula is C28H25N3O3S. The summed E-state index contributed by atoms with van der Waals surface area (Å²) in [6, 6.07) is 24.4. The first-order valence-corrected chi connectivity index (χ1v) is 12.0. The monoisotopic (exact) mass is 483 g/mol. The Balaban J connectivity index is 1.73. The molecule has 1 heterocycles. The van der Waals surface area contributed by atoms with Gasteiger partial charge in [0.1, 0.15) is 22.4 Å². The van der Waals surface area contributed by atoms with Crippen LogP contribution in [0.1, 0.15) is 16.7 Å². The van der Waals surface area contributed by atoms with Crippen LogP contribution in [0.15, 0.2) is 83.4 Å². The third kappa shape index (κ3) is 5.08. The standard InChI is InChI=1S/C28H25N3O3S/c1-18-8-4-6-10-23(18)30-26(32)22(17-29)28-31(24-11-7-5-9-19(24)2)27(33)25(35-28)16-20-12-14-21(34-3)15-13-20/h4-15,25H,16H2,1-3H3,(H,30,32)/b28-22-. The van der Waals surface area contributed by atoms with Crippen LogP contribution in [0.2, 0.25) is 0 Å². The minimum atomic E-state index is -0.541. The first-order chi connectivity index (χ1) is 16.9. The zero-order valence-corrected chi connectivity index (χ0v) is 20.6. The molecule has 1 N–H and O–H groups in total. The Morgan fingerprint density at radius 3 is 2.31 bits per heavy atom. The van der Waals surface area contributed by atoms with Crippen LogP contribution in [-0.4, -0.2) is 24.2 Å². The van der Waals surface area contributed by atoms with Crippen molar-refractivity contribution in [1.29, 1.82) is 5.26 Å². The first-order valence-electron chi connectivity index (χ1n) is 11.1. The molecule has 1 atom stereocenters. The summed E-state index contributed by atoms with van der Waals surface area (Å²) in [5.41, 5.74) is 3.91. The van der Waals surface area contributed by atoms with E-state index >= 15 is 0 Å². The van der Waals surface area contributed by atoms with E-state index in [1.165, 1.54) is 16.7 Å². The average Bonchev–Trinajstić information content (AvgIpc) is 3.17. The number of rotatable bonds is 6. The van der Waals surface area contributed by atoms with Gasteiger partial charge in [-0.1, -0.05) is 60.3 Å². The van der Waals surface area contributed by atoms with Crippen LogP contribution in [-0.2, 0) is 16.0 Å². The number of hydrogen-bond donors (Lipinski definition) is 1. The summed E-state index contributed by atoms with van der Waals surface area (Å²) in [5.74, 6) is 0.0354. The van der Waals surface area contributed by atoms with Crippen LogP contribution in [0.25, 0.3) is 0 Å². The van der Waals surface area contributed by atoms with Crippen molar-refractivity contribution in [3.8, 4) is 11.8 Å². The molecule has 0 bridgehead atoms. The fourth-order valence-corrected chi connectivity index (χ4v) is 5.19. The van der Waals surface area contributed by atoms with Gasteiger partial charge in [0, 0.05) is 5.69 Å². The lowest BCUT2D eigenvalue weighted by atomic mass is 10.1.